The Morgan fingerprint density at radius 1 is 1.50 bits per heavy atom. The van der Waals surface area contributed by atoms with Gasteiger partial charge in [0.1, 0.15) is 0 Å². The van der Waals surface area contributed by atoms with Crippen LogP contribution in [0.2, 0.25) is 0 Å². The van der Waals surface area contributed by atoms with Crippen LogP contribution < -0.4 is 0 Å². The first kappa shape index (κ1) is 11.5. The molecule has 1 heterocycles. The molecule has 0 radical (unpaired) electrons. The van der Waals surface area contributed by atoms with Crippen molar-refractivity contribution in [1.82, 2.24) is 4.90 Å². The summed E-state index contributed by atoms with van der Waals surface area (Å²) in [6.07, 6.45) is 4.41. The molecule has 0 aromatic carbocycles. The van der Waals surface area contributed by atoms with Crippen molar-refractivity contribution in [2.24, 2.45) is 5.92 Å². The van der Waals surface area contributed by atoms with Crippen molar-refractivity contribution >= 4 is 0 Å². The molecule has 0 aromatic heterocycles. The van der Waals surface area contributed by atoms with Crippen molar-refractivity contribution in [1.29, 1.82) is 5.26 Å². The maximum absolute atomic E-state index is 8.80. The van der Waals surface area contributed by atoms with Crippen molar-refractivity contribution in [2.75, 3.05) is 13.1 Å². The second-order valence-corrected chi connectivity index (χ2v) is 4.84. The van der Waals surface area contributed by atoms with E-state index in [1.807, 2.05) is 0 Å². The number of nitrogens with zero attached hydrogens (tertiary/aromatic N) is 2. The van der Waals surface area contributed by atoms with Crippen LogP contribution >= 0.6 is 0 Å². The minimum atomic E-state index is 0.226. The molecular formula is C12H22N2. The van der Waals surface area contributed by atoms with Crippen LogP contribution in [0.15, 0.2) is 0 Å². The van der Waals surface area contributed by atoms with Crippen LogP contribution in [0.3, 0.4) is 0 Å². The number of nitriles is 1. The molecule has 14 heavy (non-hydrogen) atoms. The Balaban J connectivity index is 2.66. The molecule has 0 spiro atoms. The molecule has 1 rings (SSSR count). The zero-order valence-corrected chi connectivity index (χ0v) is 9.71. The Labute approximate surface area is 87.9 Å². The lowest BCUT2D eigenvalue weighted by molar-refractivity contribution is 0.0240. The highest BCUT2D eigenvalue weighted by molar-refractivity contribution is 4.95. The van der Waals surface area contributed by atoms with Crippen LogP contribution in [-0.4, -0.2) is 23.5 Å². The first-order valence-electron chi connectivity index (χ1n) is 5.75. The van der Waals surface area contributed by atoms with Crippen LogP contribution in [0.4, 0.5) is 0 Å². The average molecular weight is 194 g/mol. The Kier molecular flexibility index (Phi) is 3.95. The van der Waals surface area contributed by atoms with Crippen molar-refractivity contribution in [3.63, 3.8) is 0 Å². The Morgan fingerprint density at radius 3 is 2.79 bits per heavy atom. The SMILES string of the molecule is CCCN1CCCC(CC#N)C1(C)C. The first-order chi connectivity index (χ1) is 6.62. The van der Waals surface area contributed by atoms with E-state index in [0.29, 0.717) is 12.3 Å². The van der Waals surface area contributed by atoms with Gasteiger partial charge in [-0.15, -0.1) is 0 Å². The molecule has 2 nitrogen and oxygen atoms in total. The van der Waals surface area contributed by atoms with E-state index in [1.54, 1.807) is 0 Å². The quantitative estimate of drug-likeness (QED) is 0.690. The van der Waals surface area contributed by atoms with E-state index in [4.69, 9.17) is 5.26 Å². The van der Waals surface area contributed by atoms with Crippen LogP contribution in [0.25, 0.3) is 0 Å². The molecule has 1 fully saturated rings. The predicted octanol–water partition coefficient (Wildman–Crippen LogP) is 2.80. The lowest BCUT2D eigenvalue weighted by Gasteiger charge is -2.47. The second kappa shape index (κ2) is 4.79. The minimum absolute atomic E-state index is 0.226. The summed E-state index contributed by atoms with van der Waals surface area (Å²) in [5, 5.41) is 8.80. The van der Waals surface area contributed by atoms with Gasteiger partial charge in [-0.3, -0.25) is 4.90 Å². The van der Waals surface area contributed by atoms with Gasteiger partial charge >= 0.3 is 0 Å². The van der Waals surface area contributed by atoms with E-state index in [9.17, 15) is 0 Å². The molecule has 1 aliphatic heterocycles. The summed E-state index contributed by atoms with van der Waals surface area (Å²) in [6.45, 7) is 9.20. The van der Waals surface area contributed by atoms with Crippen LogP contribution in [0, 0.1) is 17.2 Å². The van der Waals surface area contributed by atoms with Gasteiger partial charge in [0.25, 0.3) is 0 Å². The van der Waals surface area contributed by atoms with E-state index >= 15 is 0 Å². The molecule has 80 valence electrons. The average Bonchev–Trinajstić information content (AvgIpc) is 2.13. The largest absolute Gasteiger partial charge is 0.298 e. The van der Waals surface area contributed by atoms with Crippen molar-refractivity contribution in [3.05, 3.63) is 0 Å². The molecule has 1 unspecified atom stereocenters. The van der Waals surface area contributed by atoms with Gasteiger partial charge in [0.2, 0.25) is 0 Å². The Hall–Kier alpha value is -0.550. The normalized spacial score (nSPS) is 27.1. The fourth-order valence-electron chi connectivity index (χ4n) is 2.56. The summed E-state index contributed by atoms with van der Waals surface area (Å²) in [7, 11) is 0. The number of likely N-dealkylation sites (tertiary alicyclic amines) is 1. The first-order valence-corrected chi connectivity index (χ1v) is 5.75. The molecule has 1 atom stereocenters. The summed E-state index contributed by atoms with van der Waals surface area (Å²) in [4.78, 5) is 2.55. The number of hydrogen-bond acceptors (Lipinski definition) is 2. The van der Waals surface area contributed by atoms with Crippen LogP contribution in [-0.2, 0) is 0 Å². The third-order valence-electron chi connectivity index (χ3n) is 3.63. The predicted molar refractivity (Wildman–Crippen MR) is 58.9 cm³/mol. The molecule has 1 aliphatic rings. The molecule has 1 saturated heterocycles. The minimum Gasteiger partial charge on any atom is -0.298 e. The van der Waals surface area contributed by atoms with E-state index in [0.717, 1.165) is 0 Å². The zero-order chi connectivity index (χ0) is 10.6. The van der Waals surface area contributed by atoms with Gasteiger partial charge in [0, 0.05) is 12.0 Å². The third-order valence-corrected chi connectivity index (χ3v) is 3.63. The van der Waals surface area contributed by atoms with Gasteiger partial charge in [0.05, 0.1) is 6.07 Å². The molecule has 2 heteroatoms. The van der Waals surface area contributed by atoms with Gasteiger partial charge in [-0.1, -0.05) is 6.92 Å². The van der Waals surface area contributed by atoms with Gasteiger partial charge in [-0.25, -0.2) is 0 Å². The highest BCUT2D eigenvalue weighted by Gasteiger charge is 2.37. The standard InChI is InChI=1S/C12H22N2/c1-4-9-14-10-5-6-11(7-8-13)12(14,2)3/h11H,4-7,9-10H2,1-3H3. The topological polar surface area (TPSA) is 27.0 Å². The van der Waals surface area contributed by atoms with E-state index in [1.165, 1.54) is 32.4 Å². The monoisotopic (exact) mass is 194 g/mol. The van der Waals surface area contributed by atoms with Crippen molar-refractivity contribution in [3.8, 4) is 6.07 Å². The lowest BCUT2D eigenvalue weighted by atomic mass is 9.77. The lowest BCUT2D eigenvalue weighted by Crippen LogP contribution is -2.53. The molecule has 0 amide bonds. The molecule has 0 aromatic rings. The fourth-order valence-corrected chi connectivity index (χ4v) is 2.56. The second-order valence-electron chi connectivity index (χ2n) is 4.84. The molecule has 0 N–H and O–H groups in total. The van der Waals surface area contributed by atoms with Crippen LogP contribution in [0.5, 0.6) is 0 Å². The number of hydrogen-bond donors (Lipinski definition) is 0. The summed E-state index contributed by atoms with van der Waals surface area (Å²) >= 11 is 0. The summed E-state index contributed by atoms with van der Waals surface area (Å²) in [5.74, 6) is 0.563. The van der Waals surface area contributed by atoms with E-state index in [-0.39, 0.29) is 5.54 Å². The Bertz CT molecular complexity index is 213. The number of rotatable bonds is 3. The molecular weight excluding hydrogens is 172 g/mol. The van der Waals surface area contributed by atoms with Crippen LogP contribution in [0.1, 0.15) is 46.5 Å². The highest BCUT2D eigenvalue weighted by Crippen LogP contribution is 2.35. The van der Waals surface area contributed by atoms with Gasteiger partial charge in [0.15, 0.2) is 0 Å². The summed E-state index contributed by atoms with van der Waals surface area (Å²) in [5.41, 5.74) is 0.226. The maximum atomic E-state index is 8.80. The van der Waals surface area contributed by atoms with Crippen molar-refractivity contribution < 1.29 is 0 Å². The molecule has 0 saturated carbocycles. The van der Waals surface area contributed by atoms with E-state index < -0.39 is 0 Å². The zero-order valence-electron chi connectivity index (χ0n) is 9.71. The van der Waals surface area contributed by atoms with Gasteiger partial charge < -0.3 is 0 Å². The van der Waals surface area contributed by atoms with E-state index in [2.05, 4.69) is 31.7 Å². The smallest absolute Gasteiger partial charge is 0.0625 e. The van der Waals surface area contributed by atoms with Gasteiger partial charge in [-0.05, 0) is 52.1 Å². The molecule has 0 bridgehead atoms. The molecule has 0 aliphatic carbocycles. The maximum Gasteiger partial charge on any atom is 0.0625 e. The summed E-state index contributed by atoms with van der Waals surface area (Å²) < 4.78 is 0. The fraction of sp³-hybridized carbons (Fsp3) is 0.917. The Morgan fingerprint density at radius 2 is 2.21 bits per heavy atom. The highest BCUT2D eigenvalue weighted by atomic mass is 15.2. The number of piperidine rings is 1. The van der Waals surface area contributed by atoms with Crippen molar-refractivity contribution in [2.45, 2.75) is 52.0 Å². The third kappa shape index (κ3) is 2.27. The summed E-state index contributed by atoms with van der Waals surface area (Å²) in [6, 6.07) is 2.33. The van der Waals surface area contributed by atoms with Gasteiger partial charge in [-0.2, -0.15) is 5.26 Å².